The maximum Gasteiger partial charge on any atom is 0.639 e. The Morgan fingerprint density at radius 1 is 0.676 bits per heavy atom. The van der Waals surface area contributed by atoms with E-state index < -0.39 is 72.8 Å². The molecule has 200 valence electrons. The Kier molecular flexibility index (Phi) is 6.85. The fraction of sp³-hybridized carbons (Fsp3) is 0.652. The van der Waals surface area contributed by atoms with Crippen LogP contribution in [-0.4, -0.2) is 80.7 Å². The third-order valence-corrected chi connectivity index (χ3v) is 7.82. The summed E-state index contributed by atoms with van der Waals surface area (Å²) in [6, 6.07) is 1.10. The molecule has 3 fully saturated rings. The number of carbonyl (C=O) groups is 2. The van der Waals surface area contributed by atoms with Crippen LogP contribution in [0.25, 0.3) is 0 Å². The van der Waals surface area contributed by atoms with Crippen molar-refractivity contribution in [2.75, 3.05) is 20.1 Å². The molecule has 37 heavy (non-hydrogen) atoms. The van der Waals surface area contributed by atoms with Crippen LogP contribution >= 0.6 is 0 Å². The van der Waals surface area contributed by atoms with Gasteiger partial charge < -0.3 is 27.9 Å². The first-order valence-electron chi connectivity index (χ1n) is 12.2. The van der Waals surface area contributed by atoms with E-state index in [4.69, 9.17) is 27.9 Å². The average Bonchev–Trinajstić information content (AvgIpc) is 3.05. The van der Waals surface area contributed by atoms with Gasteiger partial charge in [-0.25, -0.2) is 8.78 Å². The Bertz CT molecular complexity index is 1080. The third kappa shape index (κ3) is 4.94. The summed E-state index contributed by atoms with van der Waals surface area (Å²) >= 11 is 0. The summed E-state index contributed by atoms with van der Waals surface area (Å²) in [6.07, 6.45) is 0. The second-order valence-electron chi connectivity index (χ2n) is 11.8. The molecule has 0 aromatic heterocycles. The molecular weight excluding hydrogens is 489 g/mol. The number of hydrogen-bond acceptors (Lipinski definition) is 9. The van der Waals surface area contributed by atoms with Gasteiger partial charge in [-0.05, 0) is 62.4 Å². The molecule has 3 heterocycles. The van der Waals surface area contributed by atoms with Crippen LogP contribution in [0.5, 0.6) is 0 Å². The Balaban J connectivity index is 1.86. The zero-order valence-corrected chi connectivity index (χ0v) is 22.7. The SMILES string of the molecule is CN1CC(=O)OB(c2cc(B3OC(C)(C)C(C)(C)O3)c(F)c(B3OC(C)(C)C(C)(C)O3)c2F)OC(=O)C1. The number of halogens is 2. The van der Waals surface area contributed by atoms with Crippen molar-refractivity contribution in [3.05, 3.63) is 17.7 Å². The topological polar surface area (TPSA) is 92.8 Å². The van der Waals surface area contributed by atoms with Gasteiger partial charge in [-0.2, -0.15) is 0 Å². The zero-order valence-electron chi connectivity index (χ0n) is 22.7. The lowest BCUT2D eigenvalue weighted by atomic mass is 9.64. The Morgan fingerprint density at radius 2 is 1.03 bits per heavy atom. The molecule has 1 aromatic carbocycles. The van der Waals surface area contributed by atoms with Gasteiger partial charge in [-0.3, -0.25) is 14.5 Å². The van der Waals surface area contributed by atoms with Gasteiger partial charge in [-0.1, -0.05) is 6.07 Å². The third-order valence-electron chi connectivity index (χ3n) is 7.82. The van der Waals surface area contributed by atoms with E-state index in [0.29, 0.717) is 0 Å². The Morgan fingerprint density at radius 3 is 1.43 bits per heavy atom. The minimum atomic E-state index is -1.77. The second-order valence-corrected chi connectivity index (χ2v) is 11.8. The van der Waals surface area contributed by atoms with Gasteiger partial charge in [-0.15, -0.1) is 0 Å². The van der Waals surface area contributed by atoms with Crippen LogP contribution in [0.15, 0.2) is 6.07 Å². The summed E-state index contributed by atoms with van der Waals surface area (Å²) in [5.74, 6) is -3.63. The van der Waals surface area contributed by atoms with Crippen molar-refractivity contribution in [2.45, 2.75) is 77.8 Å². The van der Waals surface area contributed by atoms with Crippen molar-refractivity contribution in [3.8, 4) is 0 Å². The minimum Gasteiger partial charge on any atom is -0.494 e. The monoisotopic (exact) mass is 521 g/mol. The first-order valence-corrected chi connectivity index (χ1v) is 12.2. The molecule has 0 unspecified atom stereocenters. The van der Waals surface area contributed by atoms with Crippen LogP contribution < -0.4 is 16.4 Å². The van der Waals surface area contributed by atoms with Crippen LogP contribution in [0.4, 0.5) is 8.78 Å². The molecule has 9 nitrogen and oxygen atoms in total. The molecule has 0 radical (unpaired) electrons. The van der Waals surface area contributed by atoms with Gasteiger partial charge >= 0.3 is 33.3 Å². The molecule has 0 N–H and O–H groups in total. The predicted molar refractivity (Wildman–Crippen MR) is 133 cm³/mol. The molecule has 0 saturated carbocycles. The highest BCUT2D eigenvalue weighted by Gasteiger charge is 2.57. The average molecular weight is 521 g/mol. The van der Waals surface area contributed by atoms with Crippen LogP contribution in [0.3, 0.4) is 0 Å². The van der Waals surface area contributed by atoms with E-state index >= 15 is 8.78 Å². The number of benzene rings is 1. The van der Waals surface area contributed by atoms with Crippen LogP contribution in [0.1, 0.15) is 55.4 Å². The lowest BCUT2D eigenvalue weighted by Crippen LogP contribution is -2.56. The van der Waals surface area contributed by atoms with E-state index in [1.807, 2.05) is 0 Å². The molecule has 3 saturated heterocycles. The van der Waals surface area contributed by atoms with Gasteiger partial charge in [0.2, 0.25) is 0 Å². The fourth-order valence-corrected chi connectivity index (χ4v) is 4.14. The summed E-state index contributed by atoms with van der Waals surface area (Å²) in [5, 5.41) is 0. The maximum atomic E-state index is 16.2. The van der Waals surface area contributed by atoms with E-state index in [9.17, 15) is 9.59 Å². The first kappa shape index (κ1) is 28.0. The van der Waals surface area contributed by atoms with Crippen LogP contribution in [0.2, 0.25) is 0 Å². The van der Waals surface area contributed by atoms with Crippen molar-refractivity contribution in [1.82, 2.24) is 4.90 Å². The molecule has 0 spiro atoms. The molecule has 0 bridgehead atoms. The van der Waals surface area contributed by atoms with E-state index in [1.165, 1.54) is 11.9 Å². The van der Waals surface area contributed by atoms with E-state index in [0.717, 1.165) is 6.07 Å². The smallest absolute Gasteiger partial charge is 0.494 e. The van der Waals surface area contributed by atoms with Gasteiger partial charge in [0.1, 0.15) is 11.6 Å². The number of likely N-dealkylation sites (N-methyl/N-ethyl adjacent to an activating group) is 1. The lowest BCUT2D eigenvalue weighted by Gasteiger charge is -2.32. The molecule has 4 rings (SSSR count). The predicted octanol–water partition coefficient (Wildman–Crippen LogP) is 0.290. The van der Waals surface area contributed by atoms with Gasteiger partial charge in [0.15, 0.2) is 0 Å². The number of hydrogen-bond donors (Lipinski definition) is 0. The highest BCUT2D eigenvalue weighted by atomic mass is 19.1. The molecule has 0 atom stereocenters. The normalized spacial score (nSPS) is 25.1. The number of rotatable bonds is 3. The van der Waals surface area contributed by atoms with Crippen molar-refractivity contribution in [2.24, 2.45) is 0 Å². The summed E-state index contributed by atoms with van der Waals surface area (Å²) < 4.78 is 66.8. The van der Waals surface area contributed by atoms with Gasteiger partial charge in [0.05, 0.1) is 41.0 Å². The molecule has 3 aliphatic heterocycles. The lowest BCUT2D eigenvalue weighted by molar-refractivity contribution is -0.145. The summed E-state index contributed by atoms with van der Waals surface area (Å²) in [7, 11) is -2.92. The molecular formula is C23H32B3F2NO8. The number of nitrogens with zero attached hydrogens (tertiary/aromatic N) is 1. The largest absolute Gasteiger partial charge is 0.639 e. The highest BCUT2D eigenvalue weighted by molar-refractivity contribution is 6.70. The zero-order chi connectivity index (χ0) is 27.7. The van der Waals surface area contributed by atoms with Crippen molar-refractivity contribution in [1.29, 1.82) is 0 Å². The summed E-state index contributed by atoms with van der Waals surface area (Å²) in [6.45, 7) is 13.7. The fourth-order valence-electron chi connectivity index (χ4n) is 4.14. The second kappa shape index (κ2) is 9.05. The van der Waals surface area contributed by atoms with Crippen molar-refractivity contribution >= 4 is 49.7 Å². The van der Waals surface area contributed by atoms with E-state index in [-0.39, 0.29) is 24.0 Å². The molecule has 3 aliphatic rings. The summed E-state index contributed by atoms with van der Waals surface area (Å²) in [5.41, 5.74) is -4.58. The molecule has 1 aromatic rings. The Labute approximate surface area is 216 Å². The summed E-state index contributed by atoms with van der Waals surface area (Å²) in [4.78, 5) is 26.2. The Hall–Kier alpha value is -1.99. The van der Waals surface area contributed by atoms with Gasteiger partial charge in [0.25, 0.3) is 0 Å². The quantitative estimate of drug-likeness (QED) is 0.521. The van der Waals surface area contributed by atoms with Crippen molar-refractivity contribution < 1.29 is 46.3 Å². The van der Waals surface area contributed by atoms with Crippen molar-refractivity contribution in [3.63, 3.8) is 0 Å². The minimum absolute atomic E-state index is 0.175. The maximum absolute atomic E-state index is 16.2. The first-order chi connectivity index (χ1) is 16.8. The van der Waals surface area contributed by atoms with Crippen LogP contribution in [0, 0.1) is 11.6 Å². The number of carbonyl (C=O) groups excluding carboxylic acids is 2. The molecule has 14 heteroatoms. The van der Waals surface area contributed by atoms with Gasteiger partial charge in [0, 0.05) is 10.9 Å². The molecule has 0 aliphatic carbocycles. The molecule has 0 amide bonds. The van der Waals surface area contributed by atoms with E-state index in [2.05, 4.69) is 0 Å². The van der Waals surface area contributed by atoms with E-state index in [1.54, 1.807) is 55.4 Å². The highest BCUT2D eigenvalue weighted by Crippen LogP contribution is 2.38. The van der Waals surface area contributed by atoms with Crippen LogP contribution in [-0.2, 0) is 37.5 Å². The standard InChI is InChI=1S/C23H32B3F2NO8/c1-20(2)21(3,4)35-25(34-20)14-10-13(24-32-15(30)11-29(9)12-16(31)33-24)18(27)17(19(14)28)26-36-22(5,6)23(7,8)37-26/h10H,11-12H2,1-9H3.